The minimum Gasteiger partial charge on any atom is -0.480 e. The zero-order valence-electron chi connectivity index (χ0n) is 8.64. The Labute approximate surface area is 96.6 Å². The molecule has 0 saturated carbocycles. The monoisotopic (exact) mass is 245 g/mol. The molecule has 0 saturated heterocycles. The highest BCUT2D eigenvalue weighted by Gasteiger charge is 2.19. The normalized spacial score (nSPS) is 12.4. The molecule has 6 heteroatoms. The lowest BCUT2D eigenvalue weighted by Crippen LogP contribution is -2.21. The minimum absolute atomic E-state index is 0.0663. The third-order valence-corrected chi connectivity index (χ3v) is 3.08. The number of methoxy groups -OCH3 is 1. The second-order valence-corrected chi connectivity index (χ2v) is 4.33. The molecule has 0 aliphatic carbocycles. The van der Waals surface area contributed by atoms with Crippen molar-refractivity contribution in [3.05, 3.63) is 24.0 Å². The molecule has 0 aliphatic heterocycles. The van der Waals surface area contributed by atoms with Crippen LogP contribution >= 0.6 is 11.8 Å². The SMILES string of the molecule is COCC(Sc1ccc(F)cc1N)C(=O)O. The van der Waals surface area contributed by atoms with Crippen molar-refractivity contribution in [1.82, 2.24) is 0 Å². The Bertz CT molecular complexity index is 386. The summed E-state index contributed by atoms with van der Waals surface area (Å²) >= 11 is 1.04. The van der Waals surface area contributed by atoms with Crippen LogP contribution in [-0.4, -0.2) is 30.0 Å². The van der Waals surface area contributed by atoms with Gasteiger partial charge in [-0.05, 0) is 18.2 Å². The van der Waals surface area contributed by atoms with Crippen LogP contribution in [-0.2, 0) is 9.53 Å². The molecule has 1 unspecified atom stereocenters. The minimum atomic E-state index is -0.990. The third kappa shape index (κ3) is 3.39. The number of carboxylic acid groups (broad SMARTS) is 1. The van der Waals surface area contributed by atoms with E-state index in [1.807, 2.05) is 0 Å². The van der Waals surface area contributed by atoms with E-state index in [2.05, 4.69) is 0 Å². The van der Waals surface area contributed by atoms with Crippen molar-refractivity contribution in [1.29, 1.82) is 0 Å². The maximum absolute atomic E-state index is 12.8. The van der Waals surface area contributed by atoms with Gasteiger partial charge < -0.3 is 15.6 Å². The number of nitrogens with two attached hydrogens (primary N) is 1. The van der Waals surface area contributed by atoms with Crippen LogP contribution in [0, 0.1) is 5.82 Å². The zero-order chi connectivity index (χ0) is 12.1. The van der Waals surface area contributed by atoms with Gasteiger partial charge in [0.15, 0.2) is 0 Å². The Morgan fingerprint density at radius 2 is 2.38 bits per heavy atom. The van der Waals surface area contributed by atoms with Crippen LogP contribution in [0.1, 0.15) is 0 Å². The summed E-state index contributed by atoms with van der Waals surface area (Å²) in [5.41, 5.74) is 5.80. The number of ether oxygens (including phenoxy) is 1. The van der Waals surface area contributed by atoms with Crippen LogP contribution < -0.4 is 5.73 Å². The number of anilines is 1. The maximum Gasteiger partial charge on any atom is 0.319 e. The van der Waals surface area contributed by atoms with Crippen LogP contribution in [0.2, 0.25) is 0 Å². The molecule has 0 spiro atoms. The zero-order valence-corrected chi connectivity index (χ0v) is 9.46. The smallest absolute Gasteiger partial charge is 0.319 e. The first-order chi connectivity index (χ1) is 7.54. The third-order valence-electron chi connectivity index (χ3n) is 1.83. The van der Waals surface area contributed by atoms with Gasteiger partial charge in [0.25, 0.3) is 0 Å². The van der Waals surface area contributed by atoms with E-state index in [0.29, 0.717) is 4.90 Å². The van der Waals surface area contributed by atoms with Crippen molar-refractivity contribution in [3.63, 3.8) is 0 Å². The Morgan fingerprint density at radius 1 is 1.69 bits per heavy atom. The van der Waals surface area contributed by atoms with Crippen LogP contribution in [0.3, 0.4) is 0 Å². The van der Waals surface area contributed by atoms with Crippen molar-refractivity contribution < 1.29 is 19.0 Å². The highest BCUT2D eigenvalue weighted by Crippen LogP contribution is 2.29. The number of rotatable bonds is 5. The summed E-state index contributed by atoms with van der Waals surface area (Å²) in [5, 5.41) is 8.14. The molecule has 16 heavy (non-hydrogen) atoms. The first-order valence-electron chi connectivity index (χ1n) is 4.48. The number of nitrogen functional groups attached to an aromatic ring is 1. The summed E-state index contributed by atoms with van der Waals surface area (Å²) < 4.78 is 17.5. The highest BCUT2D eigenvalue weighted by molar-refractivity contribution is 8.00. The standard InChI is InChI=1S/C10H12FNO3S/c1-15-5-9(10(13)14)16-8-3-2-6(11)4-7(8)12/h2-4,9H,5,12H2,1H3,(H,13,14). The molecule has 88 valence electrons. The lowest BCUT2D eigenvalue weighted by Gasteiger charge is -2.12. The number of halogens is 1. The molecule has 0 heterocycles. The molecule has 1 aromatic carbocycles. The van der Waals surface area contributed by atoms with E-state index in [-0.39, 0.29) is 12.3 Å². The Hall–Kier alpha value is -1.27. The molecule has 0 amide bonds. The Morgan fingerprint density at radius 3 is 2.88 bits per heavy atom. The highest BCUT2D eigenvalue weighted by atomic mass is 32.2. The number of hydrogen-bond donors (Lipinski definition) is 2. The number of thioether (sulfide) groups is 1. The lowest BCUT2D eigenvalue weighted by atomic mass is 10.3. The summed E-state index contributed by atoms with van der Waals surface area (Å²) in [4.78, 5) is 11.4. The molecular formula is C10H12FNO3S. The van der Waals surface area contributed by atoms with E-state index in [0.717, 1.165) is 17.8 Å². The molecule has 0 aliphatic rings. The van der Waals surface area contributed by atoms with Crippen LogP contribution in [0.4, 0.5) is 10.1 Å². The topological polar surface area (TPSA) is 72.5 Å². The Kier molecular flexibility index (Phi) is 4.57. The van der Waals surface area contributed by atoms with Crippen LogP contribution in [0.25, 0.3) is 0 Å². The fourth-order valence-electron chi connectivity index (χ4n) is 1.09. The van der Waals surface area contributed by atoms with Gasteiger partial charge in [0, 0.05) is 17.7 Å². The van der Waals surface area contributed by atoms with E-state index < -0.39 is 17.0 Å². The summed E-state index contributed by atoms with van der Waals surface area (Å²) in [6, 6.07) is 3.86. The molecule has 1 rings (SSSR count). The molecule has 0 radical (unpaired) electrons. The number of carboxylic acids is 1. The van der Waals surface area contributed by atoms with Gasteiger partial charge in [-0.15, -0.1) is 11.8 Å². The van der Waals surface area contributed by atoms with Crippen molar-refractivity contribution in [3.8, 4) is 0 Å². The molecular weight excluding hydrogens is 233 g/mol. The molecule has 0 bridgehead atoms. The first-order valence-corrected chi connectivity index (χ1v) is 5.36. The quantitative estimate of drug-likeness (QED) is 0.609. The summed E-state index contributed by atoms with van der Waals surface area (Å²) in [6.45, 7) is 0.0663. The van der Waals surface area contributed by atoms with Gasteiger partial charge in [0.1, 0.15) is 11.1 Å². The molecule has 4 nitrogen and oxygen atoms in total. The number of carbonyl (C=O) groups is 1. The molecule has 3 N–H and O–H groups in total. The van der Waals surface area contributed by atoms with Gasteiger partial charge in [0.05, 0.1) is 6.61 Å². The van der Waals surface area contributed by atoms with Crippen molar-refractivity contribution >= 4 is 23.4 Å². The van der Waals surface area contributed by atoms with E-state index in [9.17, 15) is 9.18 Å². The van der Waals surface area contributed by atoms with Crippen molar-refractivity contribution in [2.75, 3.05) is 19.5 Å². The van der Waals surface area contributed by atoms with Crippen molar-refractivity contribution in [2.45, 2.75) is 10.1 Å². The number of benzene rings is 1. The average Bonchev–Trinajstić information content (AvgIpc) is 2.20. The van der Waals surface area contributed by atoms with Gasteiger partial charge in [-0.3, -0.25) is 4.79 Å². The van der Waals surface area contributed by atoms with E-state index in [4.69, 9.17) is 15.6 Å². The van der Waals surface area contributed by atoms with Gasteiger partial charge in [-0.1, -0.05) is 0 Å². The predicted molar refractivity (Wildman–Crippen MR) is 60.0 cm³/mol. The van der Waals surface area contributed by atoms with Gasteiger partial charge >= 0.3 is 5.97 Å². The van der Waals surface area contributed by atoms with Gasteiger partial charge in [-0.2, -0.15) is 0 Å². The lowest BCUT2D eigenvalue weighted by molar-refractivity contribution is -0.137. The second-order valence-electron chi connectivity index (χ2n) is 3.08. The first kappa shape index (κ1) is 12.8. The largest absolute Gasteiger partial charge is 0.480 e. The molecule has 0 fully saturated rings. The van der Waals surface area contributed by atoms with Crippen LogP contribution in [0.5, 0.6) is 0 Å². The predicted octanol–water partition coefficient (Wildman–Crippen LogP) is 1.60. The fraction of sp³-hybridized carbons (Fsp3) is 0.300. The number of hydrogen-bond acceptors (Lipinski definition) is 4. The molecule has 1 atom stereocenters. The van der Waals surface area contributed by atoms with E-state index in [1.54, 1.807) is 0 Å². The molecule has 0 aromatic heterocycles. The van der Waals surface area contributed by atoms with Crippen LogP contribution in [0.15, 0.2) is 23.1 Å². The van der Waals surface area contributed by atoms with E-state index >= 15 is 0 Å². The molecule has 1 aromatic rings. The fourth-order valence-corrected chi connectivity index (χ4v) is 2.04. The summed E-state index contributed by atoms with van der Waals surface area (Å²) in [7, 11) is 1.42. The maximum atomic E-state index is 12.8. The van der Waals surface area contributed by atoms with Gasteiger partial charge in [0.2, 0.25) is 0 Å². The number of aliphatic carboxylic acids is 1. The summed E-state index contributed by atoms with van der Waals surface area (Å²) in [6.07, 6.45) is 0. The average molecular weight is 245 g/mol. The van der Waals surface area contributed by atoms with Crippen molar-refractivity contribution in [2.24, 2.45) is 0 Å². The summed E-state index contributed by atoms with van der Waals surface area (Å²) in [5.74, 6) is -1.43. The van der Waals surface area contributed by atoms with Gasteiger partial charge in [-0.25, -0.2) is 4.39 Å². The van der Waals surface area contributed by atoms with E-state index in [1.165, 1.54) is 19.2 Å². The Balaban J connectivity index is 2.81. The second kappa shape index (κ2) is 5.72.